The molecule has 3 rings (SSSR count). The van der Waals surface area contributed by atoms with Gasteiger partial charge in [0.2, 0.25) is 11.8 Å². The van der Waals surface area contributed by atoms with Gasteiger partial charge in [-0.1, -0.05) is 105 Å². The van der Waals surface area contributed by atoms with Gasteiger partial charge in [-0.2, -0.15) is 0 Å². The first kappa shape index (κ1) is 30.4. The minimum Gasteiger partial charge on any atom is -0.445 e. The van der Waals surface area contributed by atoms with E-state index in [2.05, 4.69) is 16.0 Å². The lowest BCUT2D eigenvalue weighted by molar-refractivity contribution is -0.130. The molecule has 212 valence electrons. The Bertz CT molecular complexity index is 1190. The lowest BCUT2D eigenvalue weighted by Gasteiger charge is -2.25. The fraction of sp³-hybridized carbons (Fsp3) is 0.344. The van der Waals surface area contributed by atoms with Gasteiger partial charge in [0.05, 0.1) is 6.10 Å². The number of amides is 3. The van der Waals surface area contributed by atoms with Gasteiger partial charge in [-0.15, -0.1) is 0 Å². The number of hydrogen-bond acceptors (Lipinski definition) is 5. The third-order valence-electron chi connectivity index (χ3n) is 6.47. The molecule has 8 nitrogen and oxygen atoms in total. The fourth-order valence-corrected chi connectivity index (χ4v) is 4.17. The highest BCUT2D eigenvalue weighted by Gasteiger charge is 2.29. The number of aliphatic hydroxyl groups excluding tert-OH is 1. The highest BCUT2D eigenvalue weighted by atomic mass is 16.5. The lowest BCUT2D eigenvalue weighted by atomic mass is 10.0. The zero-order valence-electron chi connectivity index (χ0n) is 23.1. The predicted octanol–water partition coefficient (Wildman–Crippen LogP) is 3.77. The molecule has 0 radical (unpaired) electrons. The highest BCUT2D eigenvalue weighted by Crippen LogP contribution is 2.09. The Hall–Kier alpha value is -4.17. The van der Waals surface area contributed by atoms with Gasteiger partial charge in [0.15, 0.2) is 0 Å². The third kappa shape index (κ3) is 10.5. The van der Waals surface area contributed by atoms with Gasteiger partial charge in [0, 0.05) is 13.0 Å². The van der Waals surface area contributed by atoms with E-state index in [-0.39, 0.29) is 25.5 Å². The standard InChI is InChI=1S/C32H39N3O5/c1-23(2)29(35-32(39)40-22-26-16-10-5-11-17-26)31(38)34-28(20-25-14-8-4-9-15-25)30(37)33-21-27(36)19-18-24-12-6-3-7-13-24/h3-17,23,27-29,36H,18-22H2,1-2H3,(H,33,37)(H,34,38)(H,35,39)/t27?,28-,29-/m0/s1. The monoisotopic (exact) mass is 545 g/mol. The summed E-state index contributed by atoms with van der Waals surface area (Å²) in [5.41, 5.74) is 2.80. The average Bonchev–Trinajstić information content (AvgIpc) is 2.97. The van der Waals surface area contributed by atoms with Crippen molar-refractivity contribution in [3.05, 3.63) is 108 Å². The molecule has 0 fully saturated rings. The molecular weight excluding hydrogens is 506 g/mol. The van der Waals surface area contributed by atoms with Crippen molar-refractivity contribution in [2.45, 2.75) is 57.9 Å². The number of alkyl carbamates (subject to hydrolysis) is 1. The number of hydrogen-bond donors (Lipinski definition) is 4. The topological polar surface area (TPSA) is 117 Å². The number of carbonyl (C=O) groups excluding carboxylic acids is 3. The molecule has 3 atom stereocenters. The maximum Gasteiger partial charge on any atom is 0.408 e. The summed E-state index contributed by atoms with van der Waals surface area (Å²) < 4.78 is 5.29. The van der Waals surface area contributed by atoms with E-state index < -0.39 is 36.1 Å². The summed E-state index contributed by atoms with van der Waals surface area (Å²) in [7, 11) is 0. The summed E-state index contributed by atoms with van der Waals surface area (Å²) in [5, 5.41) is 18.7. The van der Waals surface area contributed by atoms with Gasteiger partial charge in [-0.25, -0.2) is 4.79 Å². The molecule has 0 aliphatic carbocycles. The summed E-state index contributed by atoms with van der Waals surface area (Å²) in [4.78, 5) is 38.9. The Kier molecular flexibility index (Phi) is 12.2. The summed E-state index contributed by atoms with van der Waals surface area (Å²) in [6, 6.07) is 26.6. The van der Waals surface area contributed by atoms with E-state index in [4.69, 9.17) is 4.74 Å². The van der Waals surface area contributed by atoms with Gasteiger partial charge < -0.3 is 25.8 Å². The molecule has 3 aromatic carbocycles. The van der Waals surface area contributed by atoms with E-state index in [1.807, 2.05) is 91.0 Å². The molecule has 0 spiro atoms. The van der Waals surface area contributed by atoms with Gasteiger partial charge >= 0.3 is 6.09 Å². The Morgan fingerprint density at radius 3 is 1.88 bits per heavy atom. The molecule has 0 heterocycles. The van der Waals surface area contributed by atoms with E-state index >= 15 is 0 Å². The van der Waals surface area contributed by atoms with Crippen LogP contribution in [0.25, 0.3) is 0 Å². The minimum absolute atomic E-state index is 0.0600. The van der Waals surface area contributed by atoms with Crippen LogP contribution in [0.5, 0.6) is 0 Å². The number of benzene rings is 3. The van der Waals surface area contributed by atoms with E-state index in [1.165, 1.54) is 0 Å². The summed E-state index contributed by atoms with van der Waals surface area (Å²) in [5.74, 6) is -1.16. The number of ether oxygens (including phenoxy) is 1. The first-order valence-electron chi connectivity index (χ1n) is 13.6. The van der Waals surface area contributed by atoms with Crippen LogP contribution in [0.4, 0.5) is 4.79 Å². The quantitative estimate of drug-likeness (QED) is 0.246. The molecule has 0 saturated carbocycles. The Morgan fingerprint density at radius 2 is 1.30 bits per heavy atom. The number of carbonyl (C=O) groups is 3. The van der Waals surface area contributed by atoms with Crippen LogP contribution in [0.1, 0.15) is 37.0 Å². The predicted molar refractivity (Wildman–Crippen MR) is 154 cm³/mol. The van der Waals surface area contributed by atoms with Crippen molar-refractivity contribution in [2.24, 2.45) is 5.92 Å². The summed E-state index contributed by atoms with van der Waals surface area (Å²) in [6.45, 7) is 3.74. The number of rotatable bonds is 14. The first-order valence-corrected chi connectivity index (χ1v) is 13.6. The van der Waals surface area contributed by atoms with Crippen molar-refractivity contribution < 1.29 is 24.2 Å². The third-order valence-corrected chi connectivity index (χ3v) is 6.47. The van der Waals surface area contributed by atoms with Crippen molar-refractivity contribution in [1.82, 2.24) is 16.0 Å². The maximum atomic E-state index is 13.3. The van der Waals surface area contributed by atoms with Crippen molar-refractivity contribution in [2.75, 3.05) is 6.54 Å². The van der Waals surface area contributed by atoms with Gasteiger partial charge in [0.25, 0.3) is 0 Å². The second kappa shape index (κ2) is 16.1. The number of aryl methyl sites for hydroxylation is 1. The zero-order chi connectivity index (χ0) is 28.7. The second-order valence-electron chi connectivity index (χ2n) is 10.1. The summed E-state index contributed by atoms with van der Waals surface area (Å²) >= 11 is 0. The Morgan fingerprint density at radius 1 is 0.750 bits per heavy atom. The molecule has 0 aliphatic heterocycles. The van der Waals surface area contributed by atoms with Gasteiger partial charge in [-0.05, 0) is 35.4 Å². The SMILES string of the molecule is CC(C)[C@H](NC(=O)OCc1ccccc1)C(=O)N[C@@H](Cc1ccccc1)C(=O)NCC(O)CCc1ccccc1. The zero-order valence-corrected chi connectivity index (χ0v) is 23.1. The molecule has 3 amide bonds. The van der Waals surface area contributed by atoms with E-state index in [0.29, 0.717) is 12.8 Å². The molecule has 0 bridgehead atoms. The molecule has 1 unspecified atom stereocenters. The molecule has 0 saturated heterocycles. The van der Waals surface area contributed by atoms with Gasteiger partial charge in [-0.3, -0.25) is 9.59 Å². The van der Waals surface area contributed by atoms with Crippen molar-refractivity contribution in [1.29, 1.82) is 0 Å². The maximum absolute atomic E-state index is 13.3. The number of nitrogens with one attached hydrogen (secondary N) is 3. The van der Waals surface area contributed by atoms with Crippen molar-refractivity contribution >= 4 is 17.9 Å². The smallest absolute Gasteiger partial charge is 0.408 e. The van der Waals surface area contributed by atoms with Crippen LogP contribution in [0, 0.1) is 5.92 Å². The van der Waals surface area contributed by atoms with Crippen molar-refractivity contribution in [3.63, 3.8) is 0 Å². The van der Waals surface area contributed by atoms with E-state index in [1.54, 1.807) is 13.8 Å². The van der Waals surface area contributed by atoms with Crippen LogP contribution in [0.15, 0.2) is 91.0 Å². The molecule has 40 heavy (non-hydrogen) atoms. The van der Waals surface area contributed by atoms with Crippen LogP contribution >= 0.6 is 0 Å². The highest BCUT2D eigenvalue weighted by molar-refractivity contribution is 5.91. The molecule has 8 heteroatoms. The Balaban J connectivity index is 1.59. The van der Waals surface area contributed by atoms with E-state index in [9.17, 15) is 19.5 Å². The average molecular weight is 546 g/mol. The fourth-order valence-electron chi connectivity index (χ4n) is 4.17. The van der Waals surface area contributed by atoms with Crippen LogP contribution in [0.3, 0.4) is 0 Å². The molecule has 4 N–H and O–H groups in total. The minimum atomic E-state index is -0.911. The molecule has 0 aliphatic rings. The van der Waals surface area contributed by atoms with E-state index in [0.717, 1.165) is 16.7 Å². The van der Waals surface area contributed by atoms with Gasteiger partial charge in [0.1, 0.15) is 18.7 Å². The lowest BCUT2D eigenvalue weighted by Crippen LogP contribution is -2.56. The largest absolute Gasteiger partial charge is 0.445 e. The van der Waals surface area contributed by atoms with Crippen LogP contribution < -0.4 is 16.0 Å². The Labute approximate surface area is 236 Å². The molecule has 0 aromatic heterocycles. The van der Waals surface area contributed by atoms with Crippen LogP contribution in [-0.4, -0.2) is 47.7 Å². The normalized spacial score (nSPS) is 13.1. The number of aliphatic hydroxyl groups is 1. The van der Waals surface area contributed by atoms with Crippen molar-refractivity contribution in [3.8, 4) is 0 Å². The second-order valence-corrected chi connectivity index (χ2v) is 10.1. The summed E-state index contributed by atoms with van der Waals surface area (Å²) in [6.07, 6.45) is -0.0267. The molecular formula is C32H39N3O5. The molecule has 3 aromatic rings. The first-order chi connectivity index (χ1) is 19.3. The van der Waals surface area contributed by atoms with Crippen LogP contribution in [-0.2, 0) is 33.8 Å². The van der Waals surface area contributed by atoms with Crippen LogP contribution in [0.2, 0.25) is 0 Å².